The second-order valence-corrected chi connectivity index (χ2v) is 3.36. The lowest BCUT2D eigenvalue weighted by Gasteiger charge is -1.99. The van der Waals surface area contributed by atoms with Crippen LogP contribution in [-0.2, 0) is 4.79 Å². The molecule has 0 fully saturated rings. The summed E-state index contributed by atoms with van der Waals surface area (Å²) < 4.78 is 0.804. The molecule has 0 unspecified atom stereocenters. The van der Waals surface area contributed by atoms with Crippen molar-refractivity contribution in [2.45, 2.75) is 6.92 Å². The Hall–Kier alpha value is -0.960. The Bertz CT molecular complexity index is 331. The molecule has 0 aliphatic carbocycles. The summed E-state index contributed by atoms with van der Waals surface area (Å²) in [5.41, 5.74) is 1.27. The molecule has 0 heterocycles. The number of ketones is 1. The van der Waals surface area contributed by atoms with Crippen molar-refractivity contribution >= 4 is 28.0 Å². The van der Waals surface area contributed by atoms with Crippen LogP contribution in [0.2, 0.25) is 0 Å². The van der Waals surface area contributed by atoms with Gasteiger partial charge in [0.1, 0.15) is 0 Å². The molecule has 0 aliphatic rings. The minimum Gasteiger partial charge on any atom is -0.294 e. The van der Waals surface area contributed by atoms with Gasteiger partial charge in [-0.3, -0.25) is 9.59 Å². The van der Waals surface area contributed by atoms with Crippen LogP contribution in [0.3, 0.4) is 0 Å². The standard InChI is InChI=1S/C9H7BrO2/c1-6-2-3-7(10)4-8(6)9(12)5-11/h2-5H,1H3. The molecule has 1 rings (SSSR count). The molecule has 0 amide bonds. The van der Waals surface area contributed by atoms with Crippen molar-refractivity contribution in [2.24, 2.45) is 0 Å². The maximum atomic E-state index is 11.0. The number of carbonyl (C=O) groups is 2. The number of rotatable bonds is 2. The number of hydrogen-bond donors (Lipinski definition) is 0. The lowest BCUT2D eigenvalue weighted by molar-refractivity contribution is -0.104. The highest BCUT2D eigenvalue weighted by molar-refractivity contribution is 9.10. The molecule has 0 aromatic heterocycles. The van der Waals surface area contributed by atoms with E-state index in [1.165, 1.54) is 0 Å². The van der Waals surface area contributed by atoms with E-state index in [0.717, 1.165) is 10.0 Å². The highest BCUT2D eigenvalue weighted by Gasteiger charge is 2.07. The summed E-state index contributed by atoms with van der Waals surface area (Å²) in [6, 6.07) is 5.27. The van der Waals surface area contributed by atoms with E-state index in [4.69, 9.17) is 0 Å². The first kappa shape index (κ1) is 9.13. The Morgan fingerprint density at radius 3 is 2.75 bits per heavy atom. The molecule has 0 saturated carbocycles. The van der Waals surface area contributed by atoms with Crippen LogP contribution in [0.5, 0.6) is 0 Å². The monoisotopic (exact) mass is 226 g/mol. The van der Waals surface area contributed by atoms with Crippen molar-refractivity contribution in [3.63, 3.8) is 0 Å². The van der Waals surface area contributed by atoms with Crippen LogP contribution in [0.25, 0.3) is 0 Å². The lowest BCUT2D eigenvalue weighted by atomic mass is 10.1. The molecule has 0 aliphatic heterocycles. The number of aryl methyl sites for hydroxylation is 1. The van der Waals surface area contributed by atoms with Gasteiger partial charge in [-0.2, -0.15) is 0 Å². The van der Waals surface area contributed by atoms with Gasteiger partial charge in [-0.05, 0) is 24.6 Å². The summed E-state index contributed by atoms with van der Waals surface area (Å²) in [4.78, 5) is 21.2. The topological polar surface area (TPSA) is 34.1 Å². The Morgan fingerprint density at radius 1 is 1.50 bits per heavy atom. The molecule has 0 atom stereocenters. The molecular formula is C9H7BrO2. The predicted molar refractivity (Wildman–Crippen MR) is 49.3 cm³/mol. The Balaban J connectivity index is 3.22. The molecule has 0 N–H and O–H groups in total. The third-order valence-corrected chi connectivity index (χ3v) is 2.07. The van der Waals surface area contributed by atoms with Crippen LogP contribution in [0.1, 0.15) is 15.9 Å². The first-order chi connectivity index (χ1) is 5.65. The lowest BCUT2D eigenvalue weighted by Crippen LogP contribution is -2.02. The summed E-state index contributed by atoms with van der Waals surface area (Å²) in [6.45, 7) is 1.79. The zero-order valence-electron chi connectivity index (χ0n) is 6.50. The summed E-state index contributed by atoms with van der Waals surface area (Å²) in [5, 5.41) is 0. The van der Waals surface area contributed by atoms with Crippen molar-refractivity contribution in [3.05, 3.63) is 33.8 Å². The molecule has 1 aromatic carbocycles. The number of Topliss-reactive ketones (excluding diaryl/α,β-unsaturated/α-hetero) is 1. The van der Waals surface area contributed by atoms with Gasteiger partial charge >= 0.3 is 0 Å². The summed E-state index contributed by atoms with van der Waals surface area (Å²) in [5.74, 6) is -0.478. The molecule has 3 heteroatoms. The Labute approximate surface area is 78.7 Å². The zero-order chi connectivity index (χ0) is 9.14. The van der Waals surface area contributed by atoms with Gasteiger partial charge in [0.2, 0.25) is 5.78 Å². The normalized spacial score (nSPS) is 9.50. The highest BCUT2D eigenvalue weighted by Crippen LogP contribution is 2.15. The summed E-state index contributed by atoms with van der Waals surface area (Å²) in [6.07, 6.45) is 0.328. The molecule has 62 valence electrons. The van der Waals surface area contributed by atoms with Crippen molar-refractivity contribution in [3.8, 4) is 0 Å². The van der Waals surface area contributed by atoms with E-state index in [0.29, 0.717) is 11.8 Å². The molecule has 0 radical (unpaired) electrons. The molecule has 12 heavy (non-hydrogen) atoms. The number of halogens is 1. The number of hydrogen-bond acceptors (Lipinski definition) is 2. The van der Waals surface area contributed by atoms with Crippen LogP contribution in [0, 0.1) is 6.92 Å². The van der Waals surface area contributed by atoms with E-state index in [9.17, 15) is 9.59 Å². The quantitative estimate of drug-likeness (QED) is 0.440. The van der Waals surface area contributed by atoms with Crippen LogP contribution in [-0.4, -0.2) is 12.1 Å². The smallest absolute Gasteiger partial charge is 0.225 e. The van der Waals surface area contributed by atoms with Crippen LogP contribution < -0.4 is 0 Å². The highest BCUT2D eigenvalue weighted by atomic mass is 79.9. The number of benzene rings is 1. The molecule has 0 saturated heterocycles. The Kier molecular flexibility index (Phi) is 2.76. The van der Waals surface area contributed by atoms with Crippen molar-refractivity contribution in [1.29, 1.82) is 0 Å². The van der Waals surface area contributed by atoms with Gasteiger partial charge in [0.05, 0.1) is 0 Å². The summed E-state index contributed by atoms with van der Waals surface area (Å²) in [7, 11) is 0. The minimum atomic E-state index is -0.478. The van der Waals surface area contributed by atoms with Gasteiger partial charge in [-0.1, -0.05) is 22.0 Å². The maximum absolute atomic E-state index is 11.0. The van der Waals surface area contributed by atoms with Crippen molar-refractivity contribution < 1.29 is 9.59 Å². The van der Waals surface area contributed by atoms with Crippen LogP contribution in [0.15, 0.2) is 22.7 Å². The van der Waals surface area contributed by atoms with Gasteiger partial charge < -0.3 is 0 Å². The second kappa shape index (κ2) is 3.63. The number of carbonyl (C=O) groups excluding carboxylic acids is 2. The fourth-order valence-corrected chi connectivity index (χ4v) is 1.28. The first-order valence-corrected chi connectivity index (χ1v) is 4.20. The Morgan fingerprint density at radius 2 is 2.17 bits per heavy atom. The maximum Gasteiger partial charge on any atom is 0.225 e. The van der Waals surface area contributed by atoms with Crippen molar-refractivity contribution in [2.75, 3.05) is 0 Å². The SMILES string of the molecule is Cc1ccc(Br)cc1C(=O)C=O. The van der Waals surface area contributed by atoms with E-state index < -0.39 is 5.78 Å². The third kappa shape index (κ3) is 1.80. The number of aldehydes is 1. The first-order valence-electron chi connectivity index (χ1n) is 3.41. The van der Waals surface area contributed by atoms with E-state index in [1.54, 1.807) is 19.1 Å². The average Bonchev–Trinajstić information content (AvgIpc) is 2.08. The third-order valence-electron chi connectivity index (χ3n) is 1.57. The van der Waals surface area contributed by atoms with E-state index in [-0.39, 0.29) is 0 Å². The van der Waals surface area contributed by atoms with E-state index in [2.05, 4.69) is 15.9 Å². The molecule has 0 bridgehead atoms. The fourth-order valence-electron chi connectivity index (χ4n) is 0.923. The summed E-state index contributed by atoms with van der Waals surface area (Å²) >= 11 is 3.23. The molecule has 0 spiro atoms. The molecular weight excluding hydrogens is 220 g/mol. The largest absolute Gasteiger partial charge is 0.294 e. The van der Waals surface area contributed by atoms with Gasteiger partial charge in [0, 0.05) is 10.0 Å². The van der Waals surface area contributed by atoms with E-state index in [1.807, 2.05) is 6.07 Å². The average molecular weight is 227 g/mol. The van der Waals surface area contributed by atoms with Gasteiger partial charge in [-0.25, -0.2) is 0 Å². The minimum absolute atomic E-state index is 0.328. The molecule has 2 nitrogen and oxygen atoms in total. The second-order valence-electron chi connectivity index (χ2n) is 2.44. The fraction of sp³-hybridized carbons (Fsp3) is 0.111. The zero-order valence-corrected chi connectivity index (χ0v) is 8.09. The van der Waals surface area contributed by atoms with Gasteiger partial charge in [-0.15, -0.1) is 0 Å². The molecule has 1 aromatic rings. The van der Waals surface area contributed by atoms with Crippen LogP contribution in [0.4, 0.5) is 0 Å². The van der Waals surface area contributed by atoms with Crippen LogP contribution >= 0.6 is 15.9 Å². The predicted octanol–water partition coefficient (Wildman–Crippen LogP) is 2.14. The van der Waals surface area contributed by atoms with Gasteiger partial charge in [0.15, 0.2) is 6.29 Å². The van der Waals surface area contributed by atoms with Crippen molar-refractivity contribution in [1.82, 2.24) is 0 Å². The van der Waals surface area contributed by atoms with E-state index >= 15 is 0 Å². The van der Waals surface area contributed by atoms with Gasteiger partial charge in [0.25, 0.3) is 0 Å².